The Kier molecular flexibility index (Phi) is 33.9. The van der Waals surface area contributed by atoms with Gasteiger partial charge in [0, 0.05) is 128 Å². The zero-order valence-corrected chi connectivity index (χ0v) is 95.3. The van der Waals surface area contributed by atoms with Gasteiger partial charge in [-0.05, 0) is 138 Å². The fourth-order valence-corrected chi connectivity index (χ4v) is 21.3. The standard InChI is InChI=1S/3C31H38N2.3C13H8N3.Ag.Au.Cu/c3*1-20(2)24-13-11-14-25(21(3)4)30(24)32-19-33(29-18-10-9-17-28(29)32)31-26(22(5)6)15-12-16-27(31)23(7)8;3*1-3-7-11-9(5-1)14-13-15-10-6-2-4-8-12(10)16(11)13;;;/h3*9-18,20-23H,1-8H3;3*1-8H;;;/q;;;3*-1;;;+2. The van der Waals surface area contributed by atoms with Crippen molar-refractivity contribution in [3.05, 3.63) is 413 Å². The van der Waals surface area contributed by atoms with Gasteiger partial charge in [0.25, 0.3) is 19.0 Å². The fraction of sp³-hybridized carbons (Fsp3) is 0.273. The Morgan fingerprint density at radius 2 is 0.367 bits per heavy atom. The van der Waals surface area contributed by atoms with E-state index in [1.165, 1.54) is 134 Å². The van der Waals surface area contributed by atoms with Crippen molar-refractivity contribution in [2.45, 2.75) is 237 Å². The summed E-state index contributed by atoms with van der Waals surface area (Å²) in [5, 5.41) is 0. The van der Waals surface area contributed by atoms with Crippen molar-refractivity contribution in [3.8, 4) is 34.1 Å². The average molecular weight is 2300 g/mol. The molecule has 0 aliphatic heterocycles. The summed E-state index contributed by atoms with van der Waals surface area (Å²) in [5.74, 6) is 7.46. The van der Waals surface area contributed by atoms with E-state index >= 15 is 0 Å². The number of benzene rings is 15. The molecule has 0 amide bonds. The van der Waals surface area contributed by atoms with Crippen LogP contribution in [0, 0.1) is 19.0 Å². The van der Waals surface area contributed by atoms with Crippen molar-refractivity contribution >= 4 is 117 Å². The summed E-state index contributed by atoms with van der Waals surface area (Å²) in [6, 6.07) is 115. The Bertz CT molecular complexity index is 7430. The van der Waals surface area contributed by atoms with Crippen LogP contribution in [0.3, 0.4) is 0 Å². The maximum Gasteiger partial charge on any atom is 2.00 e. The van der Waals surface area contributed by atoms with Crippen LogP contribution in [0.1, 0.15) is 304 Å². The maximum atomic E-state index is 4.50. The van der Waals surface area contributed by atoms with Crippen LogP contribution in [0.25, 0.3) is 151 Å². The SMILES string of the molecule is CC(C)c1cccc(C(C)C)c1-n1[c-][n+](-c2c(C(C)C)cccc2C(C)C)c2ccccc21.CC(C)c1cccc(C(C)C)c1-n1[c-][n+](-c2c(C(C)C)cccc2C(C)C)c2ccccc21.CC(C)c1cccc(C(C)C)c1-n1[c-][n+](-c2c(C(C)C)cccc2C(C)C)c2ccccc21.[Ag].[Au].[Cu+2].c1ccc2c(c1)nc1[n-]c3ccccc3n12.c1ccc2c(c1)nc1[n-]c3ccccc3n12.c1ccc2c(c1)nc1[n-]c3ccccc3n12. The molecule has 0 saturated carbocycles. The number of nitrogens with zero attached hydrogens (tertiary/aromatic N) is 15. The van der Waals surface area contributed by atoms with E-state index in [1.807, 2.05) is 109 Å². The van der Waals surface area contributed by atoms with E-state index < -0.39 is 0 Å². The van der Waals surface area contributed by atoms with Gasteiger partial charge in [0.05, 0.1) is 67.2 Å². The Hall–Kier alpha value is -13.5. The molecule has 3 radical (unpaired) electrons. The predicted octanol–water partition coefficient (Wildman–Crippen LogP) is 32.4. The summed E-state index contributed by atoms with van der Waals surface area (Å²) in [7, 11) is 0. The maximum absolute atomic E-state index is 4.50. The Balaban J connectivity index is 0.000000131. The van der Waals surface area contributed by atoms with E-state index in [0.717, 1.165) is 83.5 Å². The van der Waals surface area contributed by atoms with E-state index in [9.17, 15) is 0 Å². The van der Waals surface area contributed by atoms with E-state index in [2.05, 4.69) is 474 Å². The van der Waals surface area contributed by atoms with Gasteiger partial charge >= 0.3 is 17.1 Å². The topological polar surface area (TPSA) is 121 Å². The first-order valence-electron chi connectivity index (χ1n) is 53.0. The molecule has 775 valence electrons. The minimum absolute atomic E-state index is 0. The van der Waals surface area contributed by atoms with Crippen molar-refractivity contribution in [1.29, 1.82) is 0 Å². The molecule has 0 saturated heterocycles. The number of fused-ring (bicyclic) bond motifs is 18. The Morgan fingerprint density at radius 1 is 0.200 bits per heavy atom. The van der Waals surface area contributed by atoms with Crippen LogP contribution in [0.2, 0.25) is 0 Å². The molecule has 24 rings (SSSR count). The van der Waals surface area contributed by atoms with E-state index in [4.69, 9.17) is 0 Å². The first-order chi connectivity index (χ1) is 71.0. The normalized spacial score (nSPS) is 11.8. The second-order valence-electron chi connectivity index (χ2n) is 42.9. The van der Waals surface area contributed by atoms with Gasteiger partial charge in [-0.1, -0.05) is 494 Å². The summed E-state index contributed by atoms with van der Waals surface area (Å²) in [6.45, 7) is 54.8. The van der Waals surface area contributed by atoms with Crippen LogP contribution in [-0.4, -0.2) is 41.9 Å². The van der Waals surface area contributed by atoms with E-state index in [-0.39, 0.29) is 61.8 Å². The molecule has 15 nitrogen and oxygen atoms in total. The first kappa shape index (κ1) is 109. The van der Waals surface area contributed by atoms with E-state index in [1.54, 1.807) is 0 Å². The summed E-state index contributed by atoms with van der Waals surface area (Å²) >= 11 is 0. The number of imidazole rings is 9. The van der Waals surface area contributed by atoms with Gasteiger partial charge in [-0.2, -0.15) is 0 Å². The number of hydrogen-bond acceptors (Lipinski definition) is 3. The zero-order valence-electron chi connectivity index (χ0n) is 90.7. The van der Waals surface area contributed by atoms with Gasteiger partial charge in [-0.15, -0.1) is 0 Å². The monoisotopic (exact) mass is 2300 g/mol. The number of hydrogen-bond donors (Lipinski definition) is 0. The number of aromatic nitrogens is 15. The molecule has 15 aromatic carbocycles. The van der Waals surface area contributed by atoms with Crippen LogP contribution in [0.5, 0.6) is 0 Å². The minimum atomic E-state index is 0. The molecular weight excluding hydrogens is 2160 g/mol. The fourth-order valence-electron chi connectivity index (χ4n) is 21.3. The molecule has 0 unspecified atom stereocenters. The molecule has 0 spiro atoms. The third kappa shape index (κ3) is 21.1. The van der Waals surface area contributed by atoms with Gasteiger partial charge in [-0.25, -0.2) is 0 Å². The zero-order chi connectivity index (χ0) is 103. The molecule has 24 aromatic rings. The number of para-hydroxylation sites is 24. The third-order valence-corrected chi connectivity index (χ3v) is 28.7. The van der Waals surface area contributed by atoms with Crippen LogP contribution >= 0.6 is 0 Å². The molecule has 9 aromatic heterocycles. The molecule has 0 bridgehead atoms. The van der Waals surface area contributed by atoms with Gasteiger partial charge in [0.1, 0.15) is 0 Å². The first-order valence-corrected chi connectivity index (χ1v) is 53.0. The largest absolute Gasteiger partial charge is 2.00 e. The molecule has 0 N–H and O–H groups in total. The molecule has 18 heteroatoms. The molecule has 0 aliphatic rings. The van der Waals surface area contributed by atoms with Gasteiger partial charge in [0.15, 0.2) is 0 Å². The molecule has 0 atom stereocenters. The minimum Gasteiger partial charge on any atom is -0.366 e. The molecule has 0 aliphatic carbocycles. The Labute approximate surface area is 925 Å². The third-order valence-electron chi connectivity index (χ3n) is 28.7. The summed E-state index contributed by atoms with van der Waals surface area (Å²) in [6.07, 6.45) is 11.5. The second kappa shape index (κ2) is 46.6. The summed E-state index contributed by atoms with van der Waals surface area (Å²) in [5.41, 5.74) is 44.0. The van der Waals surface area contributed by atoms with Gasteiger partial charge < -0.3 is 43.1 Å². The molecule has 0 fully saturated rings. The van der Waals surface area contributed by atoms with E-state index in [0.29, 0.717) is 71.0 Å². The van der Waals surface area contributed by atoms with Crippen LogP contribution in [0.15, 0.2) is 328 Å². The van der Waals surface area contributed by atoms with Crippen LogP contribution in [-0.2, 0) is 61.8 Å². The smallest absolute Gasteiger partial charge is 0.366 e. The molecule has 9 heterocycles. The Morgan fingerprint density at radius 3 is 0.567 bits per heavy atom. The molecular formula is C132H138AgAuCuN15-. The summed E-state index contributed by atoms with van der Waals surface area (Å²) < 4.78 is 20.2. The van der Waals surface area contributed by atoms with Gasteiger partial charge in [0.2, 0.25) is 0 Å². The quantitative estimate of drug-likeness (QED) is 0.0479. The predicted molar refractivity (Wildman–Crippen MR) is 611 cm³/mol. The van der Waals surface area contributed by atoms with Crippen LogP contribution < -0.4 is 28.7 Å². The average Bonchev–Trinajstić information content (AvgIpc) is 1.62. The van der Waals surface area contributed by atoms with Crippen molar-refractivity contribution in [3.63, 3.8) is 0 Å². The summed E-state index contributed by atoms with van der Waals surface area (Å²) in [4.78, 5) is 27.0. The molecule has 150 heavy (non-hydrogen) atoms. The second-order valence-corrected chi connectivity index (χ2v) is 42.9. The van der Waals surface area contributed by atoms with Crippen molar-refractivity contribution in [2.24, 2.45) is 0 Å². The number of rotatable bonds is 18. The van der Waals surface area contributed by atoms with Crippen molar-refractivity contribution in [1.82, 2.24) is 56.8 Å². The van der Waals surface area contributed by atoms with Gasteiger partial charge in [-0.3, -0.25) is 27.4 Å². The van der Waals surface area contributed by atoms with Crippen molar-refractivity contribution < 1.29 is 75.5 Å². The van der Waals surface area contributed by atoms with Crippen molar-refractivity contribution in [2.75, 3.05) is 0 Å². The van der Waals surface area contributed by atoms with Crippen LogP contribution in [0.4, 0.5) is 0 Å².